The molecule has 1 N–H and O–H groups in total. The molecule has 0 atom stereocenters. The van der Waals surface area contributed by atoms with Crippen LogP contribution < -0.4 is 5.32 Å². The van der Waals surface area contributed by atoms with Gasteiger partial charge in [0, 0.05) is 17.0 Å². The lowest BCUT2D eigenvalue weighted by molar-refractivity contribution is 0.999. The Morgan fingerprint density at radius 2 is 1.73 bits per heavy atom. The van der Waals surface area contributed by atoms with Gasteiger partial charge in [-0.2, -0.15) is 0 Å². The number of aryl methyl sites for hydroxylation is 3. The molecule has 26 heavy (non-hydrogen) atoms. The average molecular weight is 359 g/mol. The lowest BCUT2D eigenvalue weighted by Gasteiger charge is -2.12. The summed E-state index contributed by atoms with van der Waals surface area (Å²) in [6, 6.07) is 19.0. The van der Waals surface area contributed by atoms with Crippen LogP contribution in [0.25, 0.3) is 10.2 Å². The highest BCUT2D eigenvalue weighted by Gasteiger charge is 2.12. The Morgan fingerprint density at radius 1 is 0.923 bits per heavy atom. The predicted octanol–water partition coefficient (Wildman–Crippen LogP) is 5.95. The molecule has 4 aromatic rings. The van der Waals surface area contributed by atoms with Gasteiger partial charge in [-0.1, -0.05) is 42.5 Å². The van der Waals surface area contributed by atoms with E-state index in [0.717, 1.165) is 34.0 Å². The molecular formula is C22H21N3S. The molecule has 2 heterocycles. The van der Waals surface area contributed by atoms with E-state index in [9.17, 15) is 0 Å². The lowest BCUT2D eigenvalue weighted by Crippen LogP contribution is -2.02. The predicted molar refractivity (Wildman–Crippen MR) is 111 cm³/mol. The zero-order valence-electron chi connectivity index (χ0n) is 15.2. The van der Waals surface area contributed by atoms with E-state index in [4.69, 9.17) is 9.97 Å². The molecule has 0 radical (unpaired) electrons. The number of anilines is 2. The van der Waals surface area contributed by atoms with Crippen molar-refractivity contribution in [3.05, 3.63) is 82.0 Å². The van der Waals surface area contributed by atoms with Gasteiger partial charge < -0.3 is 5.32 Å². The summed E-state index contributed by atoms with van der Waals surface area (Å²) < 4.78 is 0. The van der Waals surface area contributed by atoms with E-state index in [1.165, 1.54) is 21.6 Å². The minimum atomic E-state index is 0.731. The van der Waals surface area contributed by atoms with Crippen LogP contribution in [-0.4, -0.2) is 9.97 Å². The molecule has 0 aliphatic rings. The fourth-order valence-corrected chi connectivity index (χ4v) is 3.94. The van der Waals surface area contributed by atoms with Crippen molar-refractivity contribution in [2.45, 2.75) is 27.2 Å². The van der Waals surface area contributed by atoms with Gasteiger partial charge in [0.25, 0.3) is 0 Å². The molecule has 4 rings (SSSR count). The summed E-state index contributed by atoms with van der Waals surface area (Å²) in [6.45, 7) is 6.34. The standard InChI is InChI=1S/C22H21N3S/c1-14-9-10-15(2)19(11-14)23-21-18-12-16(3)26-22(18)25-20(24-21)13-17-7-5-4-6-8-17/h4-12H,13H2,1-3H3,(H,23,24,25). The van der Waals surface area contributed by atoms with Crippen LogP contribution in [0.5, 0.6) is 0 Å². The Kier molecular flexibility index (Phi) is 4.43. The van der Waals surface area contributed by atoms with Crippen molar-refractivity contribution >= 4 is 33.1 Å². The second kappa shape index (κ2) is 6.89. The maximum Gasteiger partial charge on any atom is 0.142 e. The highest BCUT2D eigenvalue weighted by Crippen LogP contribution is 2.31. The van der Waals surface area contributed by atoms with Crippen molar-refractivity contribution in [1.82, 2.24) is 9.97 Å². The van der Waals surface area contributed by atoms with Gasteiger partial charge in [-0.3, -0.25) is 0 Å². The zero-order chi connectivity index (χ0) is 18.1. The number of nitrogens with one attached hydrogen (secondary N) is 1. The lowest BCUT2D eigenvalue weighted by atomic mass is 10.1. The van der Waals surface area contributed by atoms with E-state index in [0.29, 0.717) is 0 Å². The number of hydrogen-bond donors (Lipinski definition) is 1. The summed E-state index contributed by atoms with van der Waals surface area (Å²) in [5, 5.41) is 4.64. The summed E-state index contributed by atoms with van der Waals surface area (Å²) in [7, 11) is 0. The Balaban J connectivity index is 1.78. The topological polar surface area (TPSA) is 37.8 Å². The van der Waals surface area contributed by atoms with Crippen LogP contribution >= 0.6 is 11.3 Å². The number of hydrogen-bond acceptors (Lipinski definition) is 4. The molecule has 0 aliphatic heterocycles. The first-order valence-corrected chi connectivity index (χ1v) is 9.55. The number of nitrogens with zero attached hydrogens (tertiary/aromatic N) is 2. The highest BCUT2D eigenvalue weighted by molar-refractivity contribution is 7.18. The van der Waals surface area contributed by atoms with Crippen molar-refractivity contribution in [2.24, 2.45) is 0 Å². The van der Waals surface area contributed by atoms with Crippen LogP contribution in [0, 0.1) is 20.8 Å². The molecule has 0 bridgehead atoms. The van der Waals surface area contributed by atoms with Crippen LogP contribution in [0.15, 0.2) is 54.6 Å². The van der Waals surface area contributed by atoms with Crippen LogP contribution in [0.1, 0.15) is 27.4 Å². The fraction of sp³-hybridized carbons (Fsp3) is 0.182. The number of thiophene rings is 1. The van der Waals surface area contributed by atoms with Gasteiger partial charge in [0.1, 0.15) is 16.5 Å². The molecule has 0 unspecified atom stereocenters. The van der Waals surface area contributed by atoms with Crippen molar-refractivity contribution < 1.29 is 0 Å². The van der Waals surface area contributed by atoms with E-state index in [1.54, 1.807) is 11.3 Å². The number of benzene rings is 2. The van der Waals surface area contributed by atoms with Crippen molar-refractivity contribution in [1.29, 1.82) is 0 Å². The van der Waals surface area contributed by atoms with Gasteiger partial charge in [-0.15, -0.1) is 11.3 Å². The summed E-state index contributed by atoms with van der Waals surface area (Å²) in [5.41, 5.74) is 4.76. The molecule has 2 aromatic carbocycles. The molecule has 0 fully saturated rings. The third kappa shape index (κ3) is 3.46. The molecular weight excluding hydrogens is 338 g/mol. The van der Waals surface area contributed by atoms with E-state index in [2.05, 4.69) is 74.6 Å². The molecule has 0 amide bonds. The van der Waals surface area contributed by atoms with E-state index in [1.807, 2.05) is 6.07 Å². The summed E-state index contributed by atoms with van der Waals surface area (Å²) in [4.78, 5) is 11.9. The summed E-state index contributed by atoms with van der Waals surface area (Å²) >= 11 is 1.72. The van der Waals surface area contributed by atoms with Gasteiger partial charge in [0.05, 0.1) is 5.39 Å². The second-order valence-corrected chi connectivity index (χ2v) is 7.90. The number of aromatic nitrogens is 2. The monoisotopic (exact) mass is 359 g/mol. The van der Waals surface area contributed by atoms with Crippen LogP contribution in [-0.2, 0) is 6.42 Å². The first-order valence-electron chi connectivity index (χ1n) is 8.74. The molecule has 4 heteroatoms. The molecule has 0 saturated carbocycles. The van der Waals surface area contributed by atoms with Gasteiger partial charge in [0.15, 0.2) is 0 Å². The summed E-state index contributed by atoms with van der Waals surface area (Å²) in [6.07, 6.45) is 0.731. The Hall–Kier alpha value is -2.72. The average Bonchev–Trinajstić information content (AvgIpc) is 2.99. The Labute approximate surface area is 157 Å². The normalized spacial score (nSPS) is 11.0. The fourth-order valence-electron chi connectivity index (χ4n) is 3.04. The molecule has 0 saturated heterocycles. The smallest absolute Gasteiger partial charge is 0.142 e. The van der Waals surface area contributed by atoms with Gasteiger partial charge in [-0.25, -0.2) is 9.97 Å². The third-order valence-electron chi connectivity index (χ3n) is 4.41. The van der Waals surface area contributed by atoms with Crippen molar-refractivity contribution in [3.63, 3.8) is 0 Å². The van der Waals surface area contributed by atoms with Crippen molar-refractivity contribution in [3.8, 4) is 0 Å². The molecule has 0 aliphatic carbocycles. The maximum absolute atomic E-state index is 4.86. The van der Waals surface area contributed by atoms with Gasteiger partial charge >= 0.3 is 0 Å². The first kappa shape index (κ1) is 16.7. The minimum absolute atomic E-state index is 0.731. The van der Waals surface area contributed by atoms with E-state index < -0.39 is 0 Å². The van der Waals surface area contributed by atoms with Crippen LogP contribution in [0.4, 0.5) is 11.5 Å². The SMILES string of the molecule is Cc1ccc(C)c(Nc2nc(Cc3ccccc3)nc3sc(C)cc23)c1. The van der Waals surface area contributed by atoms with Crippen LogP contribution in [0.2, 0.25) is 0 Å². The molecule has 2 aromatic heterocycles. The number of fused-ring (bicyclic) bond motifs is 1. The Bertz CT molecular complexity index is 1070. The Morgan fingerprint density at radius 3 is 2.54 bits per heavy atom. The summed E-state index contributed by atoms with van der Waals surface area (Å²) in [5.74, 6) is 1.73. The second-order valence-electron chi connectivity index (χ2n) is 6.67. The van der Waals surface area contributed by atoms with Gasteiger partial charge in [0.2, 0.25) is 0 Å². The minimum Gasteiger partial charge on any atom is -0.339 e. The highest BCUT2D eigenvalue weighted by atomic mass is 32.1. The number of rotatable bonds is 4. The van der Waals surface area contributed by atoms with Crippen molar-refractivity contribution in [2.75, 3.05) is 5.32 Å². The third-order valence-corrected chi connectivity index (χ3v) is 5.36. The maximum atomic E-state index is 4.86. The zero-order valence-corrected chi connectivity index (χ0v) is 16.0. The molecule has 3 nitrogen and oxygen atoms in total. The van der Waals surface area contributed by atoms with Crippen LogP contribution in [0.3, 0.4) is 0 Å². The first-order chi connectivity index (χ1) is 12.6. The molecule has 130 valence electrons. The largest absolute Gasteiger partial charge is 0.339 e. The van der Waals surface area contributed by atoms with Gasteiger partial charge in [-0.05, 0) is 49.6 Å². The van der Waals surface area contributed by atoms with E-state index >= 15 is 0 Å². The van der Waals surface area contributed by atoms with E-state index in [-0.39, 0.29) is 0 Å². The molecule has 0 spiro atoms. The quantitative estimate of drug-likeness (QED) is 0.489.